The molecule has 1 aromatic carbocycles. The van der Waals surface area contributed by atoms with Crippen molar-refractivity contribution in [3.8, 4) is 0 Å². The van der Waals surface area contributed by atoms with Gasteiger partial charge in [0.2, 0.25) is 15.9 Å². The summed E-state index contributed by atoms with van der Waals surface area (Å²) in [5.74, 6) is -0.510. The van der Waals surface area contributed by atoms with Gasteiger partial charge in [0.15, 0.2) is 0 Å². The van der Waals surface area contributed by atoms with Crippen LogP contribution in [-0.2, 0) is 40.5 Å². The number of hydrogen-bond acceptors (Lipinski definition) is 4. The van der Waals surface area contributed by atoms with Crippen molar-refractivity contribution in [3.63, 3.8) is 0 Å². The standard InChI is InChI=1S/C20H29N3O4S/c1-4-23(14(3)24)13(2)12-28(26,27)22-20(25)21-19-17-9-5-7-15(17)11-16-8-6-10-18(16)19/h11,13H,4-10,12H2,1-3H3,(H2,21,22,25). The number of sulfonamides is 1. The highest BCUT2D eigenvalue weighted by molar-refractivity contribution is 7.90. The highest BCUT2D eigenvalue weighted by Crippen LogP contribution is 2.38. The van der Waals surface area contributed by atoms with Gasteiger partial charge in [-0.15, -0.1) is 0 Å². The van der Waals surface area contributed by atoms with Crippen LogP contribution in [0.5, 0.6) is 0 Å². The van der Waals surface area contributed by atoms with E-state index in [1.807, 2.05) is 0 Å². The molecule has 154 valence electrons. The van der Waals surface area contributed by atoms with Crippen molar-refractivity contribution in [2.24, 2.45) is 0 Å². The second-order valence-electron chi connectivity index (χ2n) is 7.73. The van der Waals surface area contributed by atoms with Gasteiger partial charge in [0.1, 0.15) is 0 Å². The minimum Gasteiger partial charge on any atom is -0.339 e. The van der Waals surface area contributed by atoms with Gasteiger partial charge in [0, 0.05) is 25.2 Å². The summed E-state index contributed by atoms with van der Waals surface area (Å²) >= 11 is 0. The third kappa shape index (κ3) is 4.32. The summed E-state index contributed by atoms with van der Waals surface area (Å²) in [5, 5.41) is 2.83. The number of amides is 3. The third-order valence-corrected chi connectivity index (χ3v) is 7.12. The van der Waals surface area contributed by atoms with E-state index in [4.69, 9.17) is 0 Å². The lowest BCUT2D eigenvalue weighted by Gasteiger charge is -2.26. The van der Waals surface area contributed by atoms with Crippen molar-refractivity contribution in [2.45, 2.75) is 65.3 Å². The molecule has 8 heteroatoms. The first-order valence-corrected chi connectivity index (χ1v) is 11.6. The van der Waals surface area contributed by atoms with Crippen molar-refractivity contribution >= 4 is 27.6 Å². The fourth-order valence-electron chi connectivity index (χ4n) is 4.54. The Labute approximate surface area is 166 Å². The zero-order valence-electron chi connectivity index (χ0n) is 16.8. The number of anilines is 1. The predicted octanol–water partition coefficient (Wildman–Crippen LogP) is 2.37. The van der Waals surface area contributed by atoms with Crippen molar-refractivity contribution < 1.29 is 18.0 Å². The van der Waals surface area contributed by atoms with E-state index in [2.05, 4.69) is 16.1 Å². The van der Waals surface area contributed by atoms with E-state index in [0.29, 0.717) is 6.54 Å². The molecule has 7 nitrogen and oxygen atoms in total. The van der Waals surface area contributed by atoms with Crippen molar-refractivity contribution in [1.29, 1.82) is 0 Å². The number of nitrogens with one attached hydrogen (secondary N) is 2. The van der Waals surface area contributed by atoms with E-state index < -0.39 is 22.1 Å². The molecule has 0 spiro atoms. The van der Waals surface area contributed by atoms with Crippen LogP contribution in [0, 0.1) is 0 Å². The number of nitrogens with zero attached hydrogens (tertiary/aromatic N) is 1. The summed E-state index contributed by atoms with van der Waals surface area (Å²) in [5.41, 5.74) is 5.65. The Hall–Kier alpha value is -2.09. The number of urea groups is 1. The number of fused-ring (bicyclic) bond motifs is 2. The van der Waals surface area contributed by atoms with Gasteiger partial charge < -0.3 is 10.2 Å². The van der Waals surface area contributed by atoms with E-state index in [9.17, 15) is 18.0 Å². The molecule has 2 aliphatic rings. The fraction of sp³-hybridized carbons (Fsp3) is 0.600. The first kappa shape index (κ1) is 20.6. The Morgan fingerprint density at radius 1 is 1.11 bits per heavy atom. The van der Waals surface area contributed by atoms with Gasteiger partial charge in [0.05, 0.1) is 5.75 Å². The third-order valence-electron chi connectivity index (χ3n) is 5.70. The van der Waals surface area contributed by atoms with Crippen molar-refractivity contribution in [2.75, 3.05) is 17.6 Å². The minimum atomic E-state index is -3.87. The van der Waals surface area contributed by atoms with Gasteiger partial charge >= 0.3 is 6.03 Å². The maximum atomic E-state index is 12.5. The lowest BCUT2D eigenvalue weighted by atomic mass is 9.99. The van der Waals surface area contributed by atoms with Crippen LogP contribution in [0.25, 0.3) is 0 Å². The SMILES string of the molecule is CCN(C(C)=O)C(C)CS(=O)(=O)NC(=O)Nc1c2c(cc3c1CCC3)CCC2. The maximum absolute atomic E-state index is 12.5. The highest BCUT2D eigenvalue weighted by Gasteiger charge is 2.27. The molecule has 3 rings (SSSR count). The Kier molecular flexibility index (Phi) is 5.98. The normalized spacial score (nSPS) is 16.2. The Balaban J connectivity index is 1.72. The van der Waals surface area contributed by atoms with Gasteiger partial charge in [-0.25, -0.2) is 17.9 Å². The van der Waals surface area contributed by atoms with E-state index in [1.165, 1.54) is 23.0 Å². The van der Waals surface area contributed by atoms with Gasteiger partial charge in [-0.2, -0.15) is 0 Å². The second kappa shape index (κ2) is 8.11. The maximum Gasteiger partial charge on any atom is 0.332 e. The summed E-state index contributed by atoms with van der Waals surface area (Å²) in [6, 6.07) is 1.01. The number of benzene rings is 1. The molecule has 0 bridgehead atoms. The smallest absolute Gasteiger partial charge is 0.332 e. The number of hydrogen-bond donors (Lipinski definition) is 2. The highest BCUT2D eigenvalue weighted by atomic mass is 32.2. The molecule has 2 N–H and O–H groups in total. The van der Waals surface area contributed by atoms with Crippen molar-refractivity contribution in [1.82, 2.24) is 9.62 Å². The molecule has 1 unspecified atom stereocenters. The van der Waals surface area contributed by atoms with Gasteiger partial charge in [-0.1, -0.05) is 6.07 Å². The average Bonchev–Trinajstić information content (AvgIpc) is 3.22. The quantitative estimate of drug-likeness (QED) is 0.757. The summed E-state index contributed by atoms with van der Waals surface area (Å²) < 4.78 is 27.0. The Morgan fingerprint density at radius 3 is 2.18 bits per heavy atom. The van der Waals surface area contributed by atoms with Crippen LogP contribution in [-0.4, -0.2) is 43.6 Å². The first-order chi connectivity index (χ1) is 13.2. The molecule has 1 aromatic rings. The fourth-order valence-corrected chi connectivity index (χ4v) is 5.77. The lowest BCUT2D eigenvalue weighted by molar-refractivity contribution is -0.130. The van der Waals surface area contributed by atoms with Crippen LogP contribution in [0.1, 0.15) is 55.9 Å². The average molecular weight is 408 g/mol. The van der Waals surface area contributed by atoms with Crippen LogP contribution in [0.15, 0.2) is 6.07 Å². The molecule has 0 saturated heterocycles. The first-order valence-electron chi connectivity index (χ1n) is 9.97. The van der Waals surface area contributed by atoms with E-state index in [0.717, 1.165) is 55.3 Å². The molecule has 0 fully saturated rings. The van der Waals surface area contributed by atoms with Gasteiger partial charge in [-0.3, -0.25) is 4.79 Å². The minimum absolute atomic E-state index is 0.190. The van der Waals surface area contributed by atoms with E-state index >= 15 is 0 Å². The summed E-state index contributed by atoms with van der Waals surface area (Å²) in [7, 11) is -3.87. The predicted molar refractivity (Wildman–Crippen MR) is 109 cm³/mol. The van der Waals surface area contributed by atoms with Crippen LogP contribution >= 0.6 is 0 Å². The Morgan fingerprint density at radius 2 is 1.68 bits per heavy atom. The molecule has 2 aliphatic carbocycles. The monoisotopic (exact) mass is 407 g/mol. The van der Waals surface area contributed by atoms with E-state index in [1.54, 1.807) is 13.8 Å². The molecule has 0 radical (unpaired) electrons. The molecule has 1 atom stereocenters. The summed E-state index contributed by atoms with van der Waals surface area (Å²) in [4.78, 5) is 25.6. The molecule has 0 saturated carbocycles. The molecule has 0 heterocycles. The van der Waals surface area contributed by atoms with Gasteiger partial charge in [0.25, 0.3) is 0 Å². The Bertz CT molecular complexity index is 863. The topological polar surface area (TPSA) is 95.6 Å². The molecule has 0 aliphatic heterocycles. The van der Waals surface area contributed by atoms with E-state index in [-0.39, 0.29) is 11.7 Å². The zero-order valence-corrected chi connectivity index (χ0v) is 17.6. The summed E-state index contributed by atoms with van der Waals surface area (Å²) in [6.07, 6.45) is 5.95. The van der Waals surface area contributed by atoms with Gasteiger partial charge in [-0.05, 0) is 74.6 Å². The number of aryl methyl sites for hydroxylation is 2. The molecule has 0 aromatic heterocycles. The zero-order chi connectivity index (χ0) is 20.5. The van der Waals surface area contributed by atoms with Crippen LogP contribution in [0.3, 0.4) is 0 Å². The van der Waals surface area contributed by atoms with Crippen LogP contribution < -0.4 is 10.0 Å². The molecule has 3 amide bonds. The number of carbonyl (C=O) groups is 2. The van der Waals surface area contributed by atoms with Crippen molar-refractivity contribution in [3.05, 3.63) is 28.3 Å². The number of rotatable bonds is 6. The lowest BCUT2D eigenvalue weighted by Crippen LogP contribution is -2.45. The largest absolute Gasteiger partial charge is 0.339 e. The number of carbonyl (C=O) groups excluding carboxylic acids is 2. The molecule has 28 heavy (non-hydrogen) atoms. The molecular formula is C20H29N3O4S. The summed E-state index contributed by atoms with van der Waals surface area (Å²) in [6.45, 7) is 5.28. The van der Waals surface area contributed by atoms with Crippen LogP contribution in [0.2, 0.25) is 0 Å². The molecular weight excluding hydrogens is 378 g/mol. The second-order valence-corrected chi connectivity index (χ2v) is 9.49. The van der Waals surface area contributed by atoms with Crippen LogP contribution in [0.4, 0.5) is 10.5 Å².